The highest BCUT2D eigenvalue weighted by atomic mass is 127. The van der Waals surface area contributed by atoms with Crippen molar-refractivity contribution in [3.8, 4) is 0 Å². The van der Waals surface area contributed by atoms with Gasteiger partial charge < -0.3 is 4.74 Å². The molecule has 0 spiro atoms. The number of nitrogens with one attached hydrogen (secondary N) is 1. The van der Waals surface area contributed by atoms with Gasteiger partial charge in [-0.3, -0.25) is 9.52 Å². The zero-order valence-electron chi connectivity index (χ0n) is 10.2. The number of esters is 1. The SMILES string of the molecule is COC(=O)CCCS(=O)(=O)Nc1ccc(I)cc1Cl. The first kappa shape index (κ1) is 16.5. The van der Waals surface area contributed by atoms with E-state index in [4.69, 9.17) is 11.6 Å². The largest absolute Gasteiger partial charge is 0.469 e. The Morgan fingerprint density at radius 2 is 2.16 bits per heavy atom. The summed E-state index contributed by atoms with van der Waals surface area (Å²) in [4.78, 5) is 10.9. The lowest BCUT2D eigenvalue weighted by atomic mass is 10.3. The van der Waals surface area contributed by atoms with Crippen molar-refractivity contribution in [2.24, 2.45) is 0 Å². The zero-order chi connectivity index (χ0) is 14.5. The minimum Gasteiger partial charge on any atom is -0.469 e. The Bertz CT molecular complexity index is 562. The van der Waals surface area contributed by atoms with Crippen molar-refractivity contribution in [2.75, 3.05) is 17.6 Å². The molecular formula is C11H13ClINO4S. The smallest absolute Gasteiger partial charge is 0.305 e. The summed E-state index contributed by atoms with van der Waals surface area (Å²) >= 11 is 8.02. The van der Waals surface area contributed by atoms with Crippen molar-refractivity contribution in [1.82, 2.24) is 0 Å². The number of hydrogen-bond acceptors (Lipinski definition) is 4. The van der Waals surface area contributed by atoms with Crippen LogP contribution in [0.3, 0.4) is 0 Å². The topological polar surface area (TPSA) is 72.5 Å². The fourth-order valence-corrected chi connectivity index (χ4v) is 3.40. The molecule has 0 saturated heterocycles. The fourth-order valence-electron chi connectivity index (χ4n) is 1.30. The lowest BCUT2D eigenvalue weighted by Crippen LogP contribution is -2.18. The van der Waals surface area contributed by atoms with Crippen LogP contribution in [0.1, 0.15) is 12.8 Å². The highest BCUT2D eigenvalue weighted by Gasteiger charge is 2.13. The zero-order valence-corrected chi connectivity index (χ0v) is 13.9. The molecule has 1 aromatic carbocycles. The van der Waals surface area contributed by atoms with E-state index in [0.717, 1.165) is 3.57 Å². The molecule has 0 aliphatic carbocycles. The standard InChI is InChI=1S/C11H13ClINO4S/c1-18-11(15)3-2-6-19(16,17)14-10-5-4-8(13)7-9(10)12/h4-5,7,14H,2-3,6H2,1H3. The number of sulfonamides is 1. The van der Waals surface area contributed by atoms with Gasteiger partial charge in [-0.1, -0.05) is 11.6 Å². The number of carbonyl (C=O) groups excluding carboxylic acids is 1. The first-order valence-electron chi connectivity index (χ1n) is 5.36. The van der Waals surface area contributed by atoms with E-state index in [-0.39, 0.29) is 18.6 Å². The summed E-state index contributed by atoms with van der Waals surface area (Å²) in [6, 6.07) is 5.01. The molecule has 0 aliphatic rings. The molecule has 0 heterocycles. The highest BCUT2D eigenvalue weighted by molar-refractivity contribution is 14.1. The summed E-state index contributed by atoms with van der Waals surface area (Å²) in [5.41, 5.74) is 0.333. The Morgan fingerprint density at radius 1 is 1.47 bits per heavy atom. The predicted molar refractivity (Wildman–Crippen MR) is 82.8 cm³/mol. The minimum atomic E-state index is -3.52. The van der Waals surface area contributed by atoms with Crippen molar-refractivity contribution in [1.29, 1.82) is 0 Å². The van der Waals surface area contributed by atoms with E-state index in [1.165, 1.54) is 7.11 Å². The predicted octanol–water partition coefficient (Wildman–Crippen LogP) is 2.64. The molecule has 0 aromatic heterocycles. The van der Waals surface area contributed by atoms with Gasteiger partial charge in [0.1, 0.15) is 0 Å². The summed E-state index contributed by atoms with van der Waals surface area (Å²) in [7, 11) is -2.25. The van der Waals surface area contributed by atoms with E-state index in [9.17, 15) is 13.2 Å². The molecule has 0 saturated carbocycles. The summed E-state index contributed by atoms with van der Waals surface area (Å²) in [5, 5.41) is 0.337. The van der Waals surface area contributed by atoms with Crippen LogP contribution in [0.5, 0.6) is 0 Å². The van der Waals surface area contributed by atoms with Gasteiger partial charge in [-0.15, -0.1) is 0 Å². The van der Waals surface area contributed by atoms with E-state index < -0.39 is 16.0 Å². The number of hydrogen-bond donors (Lipinski definition) is 1. The van der Waals surface area contributed by atoms with Gasteiger partial charge in [-0.05, 0) is 47.2 Å². The van der Waals surface area contributed by atoms with Crippen LogP contribution in [0.2, 0.25) is 5.02 Å². The first-order valence-corrected chi connectivity index (χ1v) is 8.47. The third-order valence-electron chi connectivity index (χ3n) is 2.22. The van der Waals surface area contributed by atoms with Crippen molar-refractivity contribution < 1.29 is 17.9 Å². The summed E-state index contributed by atoms with van der Waals surface area (Å²) in [6.45, 7) is 0. The summed E-state index contributed by atoms with van der Waals surface area (Å²) in [6.07, 6.45) is 0.266. The molecule has 0 unspecified atom stereocenters. The Balaban J connectivity index is 2.61. The second-order valence-electron chi connectivity index (χ2n) is 3.72. The molecule has 1 N–H and O–H groups in total. The number of halogens is 2. The van der Waals surface area contributed by atoms with Crippen LogP contribution in [-0.2, 0) is 19.6 Å². The minimum absolute atomic E-state index is 0.0673. The second-order valence-corrected chi connectivity index (χ2v) is 7.22. The monoisotopic (exact) mass is 417 g/mol. The molecule has 1 aromatic rings. The van der Waals surface area contributed by atoms with Crippen LogP contribution in [0, 0.1) is 3.57 Å². The van der Waals surface area contributed by atoms with Gasteiger partial charge in [0.05, 0.1) is 23.6 Å². The van der Waals surface area contributed by atoms with Crippen molar-refractivity contribution in [3.05, 3.63) is 26.8 Å². The van der Waals surface area contributed by atoms with Gasteiger partial charge in [0.2, 0.25) is 10.0 Å². The summed E-state index contributed by atoms with van der Waals surface area (Å²) in [5.74, 6) is -0.591. The number of rotatable bonds is 6. The van der Waals surface area contributed by atoms with E-state index in [0.29, 0.717) is 10.7 Å². The first-order chi connectivity index (χ1) is 8.84. The molecule has 106 valence electrons. The van der Waals surface area contributed by atoms with Crippen LogP contribution in [0.15, 0.2) is 18.2 Å². The maximum absolute atomic E-state index is 11.8. The average Bonchev–Trinajstić information content (AvgIpc) is 2.32. The van der Waals surface area contributed by atoms with E-state index in [2.05, 4.69) is 32.0 Å². The van der Waals surface area contributed by atoms with Gasteiger partial charge in [0.15, 0.2) is 0 Å². The molecule has 8 heteroatoms. The Labute approximate surface area is 130 Å². The molecule has 5 nitrogen and oxygen atoms in total. The van der Waals surface area contributed by atoms with Crippen molar-refractivity contribution in [3.63, 3.8) is 0 Å². The maximum Gasteiger partial charge on any atom is 0.305 e. The molecule has 0 atom stereocenters. The van der Waals surface area contributed by atoms with Gasteiger partial charge in [0.25, 0.3) is 0 Å². The Morgan fingerprint density at radius 3 is 2.74 bits per heavy atom. The Kier molecular flexibility index (Phi) is 6.34. The van der Waals surface area contributed by atoms with Gasteiger partial charge >= 0.3 is 5.97 Å². The molecule has 0 amide bonds. The maximum atomic E-state index is 11.8. The van der Waals surface area contributed by atoms with Gasteiger partial charge in [0, 0.05) is 9.99 Å². The molecule has 0 bridgehead atoms. The number of benzene rings is 1. The fraction of sp³-hybridized carbons (Fsp3) is 0.364. The number of methoxy groups -OCH3 is 1. The van der Waals surface area contributed by atoms with Gasteiger partial charge in [-0.2, -0.15) is 0 Å². The number of ether oxygens (including phenoxy) is 1. The lowest BCUT2D eigenvalue weighted by molar-refractivity contribution is -0.140. The van der Waals surface area contributed by atoms with E-state index in [1.807, 2.05) is 0 Å². The van der Waals surface area contributed by atoms with Crippen molar-refractivity contribution in [2.45, 2.75) is 12.8 Å². The third kappa shape index (κ3) is 5.96. The number of carbonyl (C=O) groups is 1. The normalized spacial score (nSPS) is 11.1. The quantitative estimate of drug-likeness (QED) is 0.570. The molecular weight excluding hydrogens is 405 g/mol. The van der Waals surface area contributed by atoms with Crippen LogP contribution in [0.25, 0.3) is 0 Å². The Hall–Kier alpha value is -0.540. The van der Waals surface area contributed by atoms with Crippen molar-refractivity contribution >= 4 is 55.9 Å². The summed E-state index contributed by atoms with van der Waals surface area (Å²) < 4.78 is 31.3. The van der Waals surface area contributed by atoms with Crippen LogP contribution in [0.4, 0.5) is 5.69 Å². The van der Waals surface area contributed by atoms with Crippen LogP contribution in [-0.4, -0.2) is 27.2 Å². The van der Waals surface area contributed by atoms with E-state index in [1.54, 1.807) is 18.2 Å². The molecule has 0 aliphatic heterocycles. The molecule has 0 radical (unpaired) electrons. The highest BCUT2D eigenvalue weighted by Crippen LogP contribution is 2.24. The molecule has 1 rings (SSSR count). The molecule has 0 fully saturated rings. The van der Waals surface area contributed by atoms with Crippen LogP contribution < -0.4 is 4.72 Å². The second kappa shape index (κ2) is 7.30. The third-order valence-corrected chi connectivity index (χ3v) is 4.56. The van der Waals surface area contributed by atoms with Crippen LogP contribution >= 0.6 is 34.2 Å². The number of anilines is 1. The van der Waals surface area contributed by atoms with E-state index >= 15 is 0 Å². The lowest BCUT2D eigenvalue weighted by Gasteiger charge is -2.09. The van der Waals surface area contributed by atoms with Gasteiger partial charge in [-0.25, -0.2) is 8.42 Å². The average molecular weight is 418 g/mol. The molecule has 19 heavy (non-hydrogen) atoms.